The number of sulfonamides is 1. The number of hydrogen-bond donors (Lipinski definition) is 2. The molecule has 0 aliphatic heterocycles. The van der Waals surface area contributed by atoms with Crippen molar-refractivity contribution in [3.63, 3.8) is 0 Å². The molecule has 0 saturated carbocycles. The van der Waals surface area contributed by atoms with Crippen LogP contribution in [-0.2, 0) is 14.8 Å². The van der Waals surface area contributed by atoms with E-state index >= 15 is 0 Å². The molecule has 0 bridgehead atoms. The summed E-state index contributed by atoms with van der Waals surface area (Å²) in [6, 6.07) is 2.92. The van der Waals surface area contributed by atoms with Crippen LogP contribution in [0.25, 0.3) is 0 Å². The molecule has 0 saturated heterocycles. The fraction of sp³-hybridized carbons (Fsp3) is 0.538. The molecule has 112 valence electrons. The first-order valence-electron chi connectivity index (χ1n) is 6.24. The smallest absolute Gasteiger partial charge is 0.307 e. The monoisotopic (exact) mass is 300 g/mol. The van der Waals surface area contributed by atoms with Gasteiger partial charge in [0.05, 0.1) is 5.92 Å². The van der Waals surface area contributed by atoms with Crippen LogP contribution in [0.5, 0.6) is 0 Å². The number of carbonyl (C=O) groups is 1. The van der Waals surface area contributed by atoms with Crippen LogP contribution in [0.4, 0.5) is 0 Å². The number of carboxylic acids is 1. The molecule has 1 heterocycles. The minimum absolute atomic E-state index is 0.0277. The Morgan fingerprint density at radius 1 is 1.45 bits per heavy atom. The molecule has 1 unspecified atom stereocenters. The second-order valence-electron chi connectivity index (χ2n) is 5.84. The first-order chi connectivity index (χ1) is 9.12. The maximum Gasteiger partial charge on any atom is 0.307 e. The summed E-state index contributed by atoms with van der Waals surface area (Å²) >= 11 is 0. The minimum atomic E-state index is -3.72. The maximum atomic E-state index is 12.0. The highest BCUT2D eigenvalue weighted by atomic mass is 32.2. The van der Waals surface area contributed by atoms with Crippen LogP contribution in [0, 0.1) is 11.3 Å². The fourth-order valence-corrected chi connectivity index (χ4v) is 2.83. The van der Waals surface area contributed by atoms with Crippen molar-refractivity contribution in [2.45, 2.75) is 32.1 Å². The molecule has 1 aromatic rings. The van der Waals surface area contributed by atoms with Crippen LogP contribution in [0.1, 0.15) is 27.2 Å². The van der Waals surface area contributed by atoms with Crippen molar-refractivity contribution in [2.75, 3.05) is 6.54 Å². The lowest BCUT2D eigenvalue weighted by molar-refractivity contribution is -0.142. The number of hydrogen-bond acceptors (Lipinski definition) is 4. The van der Waals surface area contributed by atoms with Crippen molar-refractivity contribution in [3.05, 3.63) is 24.5 Å². The minimum Gasteiger partial charge on any atom is -0.481 e. The summed E-state index contributed by atoms with van der Waals surface area (Å²) in [5, 5.41) is 9.16. The summed E-state index contributed by atoms with van der Waals surface area (Å²) in [5.74, 6) is -1.77. The predicted molar refractivity (Wildman–Crippen MR) is 74.6 cm³/mol. The average Bonchev–Trinajstić information content (AvgIpc) is 2.34. The third-order valence-corrected chi connectivity index (χ3v) is 4.08. The molecule has 1 aromatic heterocycles. The van der Waals surface area contributed by atoms with E-state index in [2.05, 4.69) is 9.71 Å². The molecule has 0 radical (unpaired) electrons. The first-order valence-corrected chi connectivity index (χ1v) is 7.73. The van der Waals surface area contributed by atoms with Gasteiger partial charge in [-0.25, -0.2) is 13.1 Å². The third kappa shape index (κ3) is 5.26. The molecule has 20 heavy (non-hydrogen) atoms. The van der Waals surface area contributed by atoms with E-state index in [-0.39, 0.29) is 16.9 Å². The second kappa shape index (κ2) is 6.32. The van der Waals surface area contributed by atoms with Gasteiger partial charge in [0.1, 0.15) is 4.90 Å². The Morgan fingerprint density at radius 2 is 2.10 bits per heavy atom. The molecule has 0 spiro atoms. The molecule has 1 atom stereocenters. The highest BCUT2D eigenvalue weighted by Gasteiger charge is 2.26. The van der Waals surface area contributed by atoms with Crippen LogP contribution in [0.2, 0.25) is 0 Å². The normalized spacial score (nSPS) is 13.9. The summed E-state index contributed by atoms with van der Waals surface area (Å²) in [6.07, 6.45) is 3.08. The predicted octanol–water partition coefficient (Wildman–Crippen LogP) is 1.50. The van der Waals surface area contributed by atoms with Crippen molar-refractivity contribution >= 4 is 16.0 Å². The molecule has 0 aliphatic rings. The molecule has 0 aliphatic carbocycles. The Bertz CT molecular complexity index is 549. The zero-order chi connectivity index (χ0) is 15.4. The number of nitrogens with zero attached hydrogens (tertiary/aromatic N) is 1. The number of carboxylic acid groups (broad SMARTS) is 1. The number of nitrogens with one attached hydrogen (secondary N) is 1. The zero-order valence-corrected chi connectivity index (χ0v) is 12.6. The van der Waals surface area contributed by atoms with Gasteiger partial charge in [-0.15, -0.1) is 0 Å². The van der Waals surface area contributed by atoms with E-state index in [1.807, 2.05) is 20.8 Å². The Balaban J connectivity index is 2.75. The Labute approximate surface area is 119 Å². The van der Waals surface area contributed by atoms with Crippen LogP contribution < -0.4 is 4.72 Å². The Morgan fingerprint density at radius 3 is 2.55 bits per heavy atom. The van der Waals surface area contributed by atoms with E-state index in [9.17, 15) is 13.2 Å². The highest BCUT2D eigenvalue weighted by molar-refractivity contribution is 7.89. The lowest BCUT2D eigenvalue weighted by Crippen LogP contribution is -2.35. The number of rotatable bonds is 6. The molecule has 0 aromatic carbocycles. The molecular weight excluding hydrogens is 280 g/mol. The standard InChI is InChI=1S/C13H20N2O4S/c1-13(2,3)7-10(12(16)17)8-15-20(18,19)11-5-4-6-14-9-11/h4-6,9-10,15H,7-8H2,1-3H3,(H,16,17). The average molecular weight is 300 g/mol. The van der Waals surface area contributed by atoms with Crippen LogP contribution in [0.15, 0.2) is 29.4 Å². The van der Waals surface area contributed by atoms with E-state index in [1.165, 1.54) is 24.5 Å². The topological polar surface area (TPSA) is 96.4 Å². The van der Waals surface area contributed by atoms with Crippen molar-refractivity contribution in [3.8, 4) is 0 Å². The molecule has 0 amide bonds. The fourth-order valence-electron chi connectivity index (χ4n) is 1.79. The van der Waals surface area contributed by atoms with Crippen molar-refractivity contribution < 1.29 is 18.3 Å². The van der Waals surface area contributed by atoms with Crippen molar-refractivity contribution in [1.29, 1.82) is 0 Å². The maximum absolute atomic E-state index is 12.0. The quantitative estimate of drug-likeness (QED) is 0.830. The van der Waals surface area contributed by atoms with Crippen LogP contribution in [0.3, 0.4) is 0 Å². The van der Waals surface area contributed by atoms with Gasteiger partial charge in [0.2, 0.25) is 10.0 Å². The van der Waals surface area contributed by atoms with Gasteiger partial charge in [0.15, 0.2) is 0 Å². The van der Waals surface area contributed by atoms with E-state index in [4.69, 9.17) is 5.11 Å². The first kappa shape index (κ1) is 16.6. The van der Waals surface area contributed by atoms with Gasteiger partial charge in [-0.2, -0.15) is 0 Å². The van der Waals surface area contributed by atoms with Gasteiger partial charge < -0.3 is 5.11 Å². The molecular formula is C13H20N2O4S. The zero-order valence-electron chi connectivity index (χ0n) is 11.8. The molecule has 7 heteroatoms. The summed E-state index contributed by atoms with van der Waals surface area (Å²) < 4.78 is 26.3. The van der Waals surface area contributed by atoms with Gasteiger partial charge >= 0.3 is 5.97 Å². The van der Waals surface area contributed by atoms with Gasteiger partial charge in [-0.3, -0.25) is 9.78 Å². The van der Waals surface area contributed by atoms with Crippen molar-refractivity contribution in [2.24, 2.45) is 11.3 Å². The summed E-state index contributed by atoms with van der Waals surface area (Å²) in [5.41, 5.74) is -0.192. The Kier molecular flexibility index (Phi) is 5.24. The van der Waals surface area contributed by atoms with Gasteiger partial charge in [-0.05, 0) is 24.0 Å². The number of aromatic nitrogens is 1. The van der Waals surface area contributed by atoms with Gasteiger partial charge in [0.25, 0.3) is 0 Å². The summed E-state index contributed by atoms with van der Waals surface area (Å²) in [7, 11) is -3.72. The van der Waals surface area contributed by atoms with E-state index < -0.39 is 21.9 Å². The molecule has 6 nitrogen and oxygen atoms in total. The third-order valence-electron chi connectivity index (χ3n) is 2.67. The van der Waals surface area contributed by atoms with Gasteiger partial charge in [-0.1, -0.05) is 20.8 Å². The van der Waals surface area contributed by atoms with Crippen molar-refractivity contribution in [1.82, 2.24) is 9.71 Å². The second-order valence-corrected chi connectivity index (χ2v) is 7.61. The van der Waals surface area contributed by atoms with Crippen LogP contribution >= 0.6 is 0 Å². The van der Waals surface area contributed by atoms with E-state index in [0.717, 1.165) is 0 Å². The molecule has 0 fully saturated rings. The highest BCUT2D eigenvalue weighted by Crippen LogP contribution is 2.24. The molecule has 1 rings (SSSR count). The summed E-state index contributed by atoms with van der Waals surface area (Å²) in [6.45, 7) is 5.61. The van der Waals surface area contributed by atoms with E-state index in [1.54, 1.807) is 0 Å². The lowest BCUT2D eigenvalue weighted by atomic mass is 9.85. The largest absolute Gasteiger partial charge is 0.481 e. The van der Waals surface area contributed by atoms with Gasteiger partial charge in [0, 0.05) is 18.9 Å². The number of pyridine rings is 1. The Hall–Kier alpha value is -1.47. The van der Waals surface area contributed by atoms with E-state index in [0.29, 0.717) is 6.42 Å². The molecule has 2 N–H and O–H groups in total. The number of aliphatic carboxylic acids is 1. The summed E-state index contributed by atoms with van der Waals surface area (Å²) in [4.78, 5) is 14.9. The van der Waals surface area contributed by atoms with Crippen LogP contribution in [-0.4, -0.2) is 31.0 Å². The SMILES string of the molecule is CC(C)(C)CC(CNS(=O)(=O)c1cccnc1)C(=O)O. The lowest BCUT2D eigenvalue weighted by Gasteiger charge is -2.23.